The van der Waals surface area contributed by atoms with E-state index in [1.807, 2.05) is 58.0 Å². The highest BCUT2D eigenvalue weighted by molar-refractivity contribution is 5.84. The van der Waals surface area contributed by atoms with Crippen LogP contribution in [0.4, 0.5) is 5.69 Å². The van der Waals surface area contributed by atoms with Crippen molar-refractivity contribution in [3.05, 3.63) is 30.3 Å². The van der Waals surface area contributed by atoms with Crippen LogP contribution in [0.2, 0.25) is 0 Å². The number of carbonyl (C=O) groups is 1. The fourth-order valence-corrected chi connectivity index (χ4v) is 1.33. The molecule has 0 aliphatic carbocycles. The molecule has 88 valence electrons. The minimum Gasteiger partial charge on any atom is -0.374 e. The van der Waals surface area contributed by atoms with Crippen molar-refractivity contribution in [3.63, 3.8) is 0 Å². The van der Waals surface area contributed by atoms with Crippen LogP contribution in [0.25, 0.3) is 0 Å². The molecule has 1 aromatic rings. The number of nitrogens with one attached hydrogen (secondary N) is 2. The molecule has 1 aromatic carbocycles. The Morgan fingerprint density at radius 1 is 1.19 bits per heavy atom. The molecule has 0 aliphatic rings. The van der Waals surface area contributed by atoms with E-state index in [2.05, 4.69) is 10.6 Å². The third kappa shape index (κ3) is 4.34. The molecule has 0 fully saturated rings. The molecule has 1 rings (SSSR count). The maximum atomic E-state index is 11.8. The highest BCUT2D eigenvalue weighted by Crippen LogP contribution is 2.08. The van der Waals surface area contributed by atoms with Gasteiger partial charge in [0.1, 0.15) is 6.04 Å². The maximum Gasteiger partial charge on any atom is 0.242 e. The number of amides is 1. The number of hydrogen-bond acceptors (Lipinski definition) is 2. The topological polar surface area (TPSA) is 41.1 Å². The summed E-state index contributed by atoms with van der Waals surface area (Å²) >= 11 is 0. The highest BCUT2D eigenvalue weighted by Gasteiger charge is 2.18. The Bertz CT molecular complexity index is 341. The maximum absolute atomic E-state index is 11.8. The van der Waals surface area contributed by atoms with Crippen LogP contribution in [-0.4, -0.2) is 17.5 Å². The van der Waals surface area contributed by atoms with Gasteiger partial charge in [0, 0.05) is 11.2 Å². The van der Waals surface area contributed by atoms with Gasteiger partial charge in [-0.25, -0.2) is 0 Å². The lowest BCUT2D eigenvalue weighted by molar-refractivity contribution is -0.122. The lowest BCUT2D eigenvalue weighted by Gasteiger charge is -2.24. The molecule has 0 aromatic heterocycles. The molecule has 0 saturated heterocycles. The number of para-hydroxylation sites is 1. The second-order valence-electron chi connectivity index (χ2n) is 4.97. The quantitative estimate of drug-likeness (QED) is 0.821. The predicted octanol–water partition coefficient (Wildman–Crippen LogP) is 2.40. The molecule has 1 unspecified atom stereocenters. The molecule has 16 heavy (non-hydrogen) atoms. The molecule has 1 amide bonds. The van der Waals surface area contributed by atoms with Crippen LogP contribution in [0.1, 0.15) is 27.7 Å². The molecule has 1 atom stereocenters. The van der Waals surface area contributed by atoms with Crippen LogP contribution in [0, 0.1) is 0 Å². The molecule has 3 heteroatoms. The fourth-order valence-electron chi connectivity index (χ4n) is 1.33. The first-order valence-corrected chi connectivity index (χ1v) is 5.52. The van der Waals surface area contributed by atoms with E-state index in [1.165, 1.54) is 0 Å². The molecule has 0 bridgehead atoms. The van der Waals surface area contributed by atoms with Crippen LogP contribution >= 0.6 is 0 Å². The number of hydrogen-bond donors (Lipinski definition) is 2. The third-order valence-electron chi connectivity index (χ3n) is 2.05. The minimum atomic E-state index is -0.235. The van der Waals surface area contributed by atoms with E-state index in [9.17, 15) is 4.79 Å². The van der Waals surface area contributed by atoms with Gasteiger partial charge in [0.2, 0.25) is 5.91 Å². The van der Waals surface area contributed by atoms with Gasteiger partial charge in [-0.15, -0.1) is 0 Å². The van der Waals surface area contributed by atoms with Gasteiger partial charge in [-0.1, -0.05) is 18.2 Å². The van der Waals surface area contributed by atoms with Gasteiger partial charge < -0.3 is 10.6 Å². The molecule has 2 N–H and O–H groups in total. The average Bonchev–Trinajstić information content (AvgIpc) is 2.16. The van der Waals surface area contributed by atoms with Crippen molar-refractivity contribution in [1.29, 1.82) is 0 Å². The van der Waals surface area contributed by atoms with Crippen molar-refractivity contribution in [2.45, 2.75) is 39.3 Å². The van der Waals surface area contributed by atoms with E-state index in [0.717, 1.165) is 5.69 Å². The number of carbonyl (C=O) groups excluding carboxylic acids is 1. The van der Waals surface area contributed by atoms with E-state index >= 15 is 0 Å². The summed E-state index contributed by atoms with van der Waals surface area (Å²) in [4.78, 5) is 11.8. The SMILES string of the molecule is CC(Nc1ccccc1)C(=O)NC(C)(C)C. The first-order valence-electron chi connectivity index (χ1n) is 5.52. The largest absolute Gasteiger partial charge is 0.374 e. The number of anilines is 1. The lowest BCUT2D eigenvalue weighted by atomic mass is 10.1. The van der Waals surface area contributed by atoms with E-state index in [1.54, 1.807) is 0 Å². The summed E-state index contributed by atoms with van der Waals surface area (Å²) < 4.78 is 0. The van der Waals surface area contributed by atoms with Crippen molar-refractivity contribution in [2.24, 2.45) is 0 Å². The molecule has 0 heterocycles. The van der Waals surface area contributed by atoms with Crippen LogP contribution < -0.4 is 10.6 Å². The highest BCUT2D eigenvalue weighted by atomic mass is 16.2. The Labute approximate surface area is 97.2 Å². The van der Waals surface area contributed by atoms with Crippen LogP contribution in [0.15, 0.2) is 30.3 Å². The van der Waals surface area contributed by atoms with Gasteiger partial charge in [0.25, 0.3) is 0 Å². The summed E-state index contributed by atoms with van der Waals surface area (Å²) in [5, 5.41) is 6.09. The second-order valence-corrected chi connectivity index (χ2v) is 4.97. The van der Waals surface area contributed by atoms with Crippen molar-refractivity contribution >= 4 is 11.6 Å². The minimum absolute atomic E-state index is 0.0105. The average molecular weight is 220 g/mol. The Morgan fingerprint density at radius 2 is 1.75 bits per heavy atom. The Morgan fingerprint density at radius 3 is 2.25 bits per heavy atom. The standard InChI is InChI=1S/C13H20N2O/c1-10(12(16)15-13(2,3)4)14-11-8-6-5-7-9-11/h5-10,14H,1-4H3,(H,15,16). The Kier molecular flexibility index (Phi) is 3.93. The molecule has 0 spiro atoms. The smallest absolute Gasteiger partial charge is 0.242 e. The van der Waals surface area contributed by atoms with Crippen molar-refractivity contribution in [3.8, 4) is 0 Å². The second kappa shape index (κ2) is 5.01. The van der Waals surface area contributed by atoms with Crippen molar-refractivity contribution in [1.82, 2.24) is 5.32 Å². The van der Waals surface area contributed by atoms with E-state index < -0.39 is 0 Å². The van der Waals surface area contributed by atoms with E-state index in [-0.39, 0.29) is 17.5 Å². The summed E-state index contributed by atoms with van der Waals surface area (Å²) in [6.45, 7) is 7.77. The van der Waals surface area contributed by atoms with Gasteiger partial charge in [-0.05, 0) is 39.8 Å². The normalized spacial score (nSPS) is 13.0. The van der Waals surface area contributed by atoms with Gasteiger partial charge in [-0.3, -0.25) is 4.79 Å². The first kappa shape index (κ1) is 12.6. The first-order chi connectivity index (χ1) is 7.38. The Balaban J connectivity index is 2.53. The van der Waals surface area contributed by atoms with Gasteiger partial charge in [0.15, 0.2) is 0 Å². The lowest BCUT2D eigenvalue weighted by Crippen LogP contribution is -2.47. The summed E-state index contributed by atoms with van der Waals surface area (Å²) in [6, 6.07) is 9.49. The molecule has 0 saturated carbocycles. The van der Waals surface area contributed by atoms with Gasteiger partial charge >= 0.3 is 0 Å². The fraction of sp³-hybridized carbons (Fsp3) is 0.462. The molecule has 0 radical (unpaired) electrons. The van der Waals surface area contributed by atoms with Crippen LogP contribution in [-0.2, 0) is 4.79 Å². The zero-order valence-electron chi connectivity index (χ0n) is 10.4. The zero-order valence-corrected chi connectivity index (χ0v) is 10.4. The van der Waals surface area contributed by atoms with Crippen molar-refractivity contribution in [2.75, 3.05) is 5.32 Å². The van der Waals surface area contributed by atoms with Crippen LogP contribution in [0.3, 0.4) is 0 Å². The van der Waals surface area contributed by atoms with Gasteiger partial charge in [0.05, 0.1) is 0 Å². The molecule has 0 aliphatic heterocycles. The zero-order chi connectivity index (χ0) is 12.2. The summed E-state index contributed by atoms with van der Waals surface area (Å²) in [5.74, 6) is 0.0105. The molecular weight excluding hydrogens is 200 g/mol. The monoisotopic (exact) mass is 220 g/mol. The Hall–Kier alpha value is -1.51. The summed E-state index contributed by atoms with van der Waals surface area (Å²) in [7, 11) is 0. The number of rotatable bonds is 3. The van der Waals surface area contributed by atoms with E-state index in [0.29, 0.717) is 0 Å². The van der Waals surface area contributed by atoms with Crippen molar-refractivity contribution < 1.29 is 4.79 Å². The molecule has 3 nitrogen and oxygen atoms in total. The predicted molar refractivity (Wildman–Crippen MR) is 67.4 cm³/mol. The summed E-state index contributed by atoms with van der Waals surface area (Å²) in [6.07, 6.45) is 0. The summed E-state index contributed by atoms with van der Waals surface area (Å²) in [5.41, 5.74) is 0.767. The van der Waals surface area contributed by atoms with E-state index in [4.69, 9.17) is 0 Å². The third-order valence-corrected chi connectivity index (χ3v) is 2.05. The molecular formula is C13H20N2O. The number of benzene rings is 1. The van der Waals surface area contributed by atoms with Crippen LogP contribution in [0.5, 0.6) is 0 Å². The van der Waals surface area contributed by atoms with Gasteiger partial charge in [-0.2, -0.15) is 0 Å².